The molecule has 6 heteroatoms. The Morgan fingerprint density at radius 2 is 1.70 bits per heavy atom. The maximum Gasteiger partial charge on any atom is 0.173 e. The molecule has 2 aromatic heterocycles. The Morgan fingerprint density at radius 3 is 2.35 bits per heavy atom. The van der Waals surface area contributed by atoms with Gasteiger partial charge in [0.2, 0.25) is 0 Å². The molecule has 20 heavy (non-hydrogen) atoms. The molecule has 0 aliphatic rings. The molecule has 0 radical (unpaired) electrons. The number of halogens is 1. The summed E-state index contributed by atoms with van der Waals surface area (Å²) in [7, 11) is 0. The van der Waals surface area contributed by atoms with Gasteiger partial charge in [0.05, 0.1) is 17.5 Å². The monoisotopic (exact) mass is 323 g/mol. The van der Waals surface area contributed by atoms with E-state index in [1.807, 2.05) is 30.3 Å². The standard InChI is InChI=1S/C14H6BrN5/c15-12-3-1-9(2-4-12)13-10(5-16)7-18-14-11(6-17)8-19-20(13)14/h1-4,7-8H. The number of benzene rings is 1. The van der Waals surface area contributed by atoms with E-state index in [1.54, 1.807) is 0 Å². The van der Waals surface area contributed by atoms with Gasteiger partial charge in [0.25, 0.3) is 0 Å². The molecule has 0 amide bonds. The summed E-state index contributed by atoms with van der Waals surface area (Å²) in [6, 6.07) is 11.7. The molecule has 0 spiro atoms. The van der Waals surface area contributed by atoms with Gasteiger partial charge in [-0.15, -0.1) is 0 Å². The van der Waals surface area contributed by atoms with Crippen molar-refractivity contribution >= 4 is 21.6 Å². The Labute approximate surface area is 122 Å². The van der Waals surface area contributed by atoms with Gasteiger partial charge >= 0.3 is 0 Å². The summed E-state index contributed by atoms with van der Waals surface area (Å²) in [5.74, 6) is 0. The van der Waals surface area contributed by atoms with Crippen molar-refractivity contribution in [2.24, 2.45) is 0 Å². The Hall–Kier alpha value is -2.70. The summed E-state index contributed by atoms with van der Waals surface area (Å²) in [4.78, 5) is 4.13. The van der Waals surface area contributed by atoms with Crippen LogP contribution in [0.15, 0.2) is 41.1 Å². The Bertz CT molecular complexity index is 881. The van der Waals surface area contributed by atoms with E-state index < -0.39 is 0 Å². The molecule has 0 aliphatic heterocycles. The van der Waals surface area contributed by atoms with Crippen LogP contribution in [0, 0.1) is 22.7 Å². The van der Waals surface area contributed by atoms with Crippen LogP contribution in [0.5, 0.6) is 0 Å². The van der Waals surface area contributed by atoms with Crippen molar-refractivity contribution in [3.05, 3.63) is 52.3 Å². The second-order valence-corrected chi connectivity index (χ2v) is 4.96. The van der Waals surface area contributed by atoms with Gasteiger partial charge in [0.1, 0.15) is 17.7 Å². The van der Waals surface area contributed by atoms with Crippen LogP contribution in [0.4, 0.5) is 0 Å². The number of fused-ring (bicyclic) bond motifs is 1. The van der Waals surface area contributed by atoms with E-state index in [0.29, 0.717) is 22.5 Å². The van der Waals surface area contributed by atoms with Crippen LogP contribution < -0.4 is 0 Å². The topological polar surface area (TPSA) is 77.8 Å². The Balaban J connectivity index is 2.38. The third-order valence-electron chi connectivity index (χ3n) is 2.89. The molecule has 2 heterocycles. The van der Waals surface area contributed by atoms with Crippen LogP contribution >= 0.6 is 15.9 Å². The third-order valence-corrected chi connectivity index (χ3v) is 3.41. The summed E-state index contributed by atoms with van der Waals surface area (Å²) < 4.78 is 2.48. The molecule has 0 unspecified atom stereocenters. The molecule has 0 bridgehead atoms. The fourth-order valence-corrected chi connectivity index (χ4v) is 2.24. The number of aromatic nitrogens is 3. The Morgan fingerprint density at radius 1 is 1.00 bits per heavy atom. The molecule has 3 rings (SSSR count). The van der Waals surface area contributed by atoms with Gasteiger partial charge in [-0.05, 0) is 12.1 Å². The minimum Gasteiger partial charge on any atom is -0.234 e. The predicted molar refractivity (Wildman–Crippen MR) is 75.6 cm³/mol. The normalized spacial score (nSPS) is 10.2. The summed E-state index contributed by atoms with van der Waals surface area (Å²) in [6.45, 7) is 0. The second-order valence-electron chi connectivity index (χ2n) is 4.04. The molecule has 1 aromatic carbocycles. The number of rotatable bonds is 1. The molecular weight excluding hydrogens is 318 g/mol. The van der Waals surface area contributed by atoms with Crippen LogP contribution in [0.3, 0.4) is 0 Å². The van der Waals surface area contributed by atoms with Gasteiger partial charge in [-0.25, -0.2) is 9.50 Å². The highest BCUT2D eigenvalue weighted by Crippen LogP contribution is 2.25. The van der Waals surface area contributed by atoms with Crippen molar-refractivity contribution in [1.29, 1.82) is 10.5 Å². The van der Waals surface area contributed by atoms with Crippen LogP contribution in [0.25, 0.3) is 16.9 Å². The van der Waals surface area contributed by atoms with Crippen LogP contribution in [-0.4, -0.2) is 14.6 Å². The van der Waals surface area contributed by atoms with Crippen LogP contribution in [-0.2, 0) is 0 Å². The lowest BCUT2D eigenvalue weighted by Gasteiger charge is -2.07. The highest BCUT2D eigenvalue weighted by Gasteiger charge is 2.14. The highest BCUT2D eigenvalue weighted by molar-refractivity contribution is 9.10. The predicted octanol–water partition coefficient (Wildman–Crippen LogP) is 2.90. The van der Waals surface area contributed by atoms with Crippen molar-refractivity contribution in [3.8, 4) is 23.4 Å². The van der Waals surface area contributed by atoms with Crippen molar-refractivity contribution < 1.29 is 0 Å². The van der Waals surface area contributed by atoms with Crippen LogP contribution in [0.2, 0.25) is 0 Å². The Kier molecular flexibility index (Phi) is 2.94. The minimum absolute atomic E-state index is 0.382. The zero-order valence-corrected chi connectivity index (χ0v) is 11.7. The largest absolute Gasteiger partial charge is 0.234 e. The molecule has 5 nitrogen and oxygen atoms in total. The average Bonchev–Trinajstić information content (AvgIpc) is 2.90. The number of nitriles is 2. The lowest BCUT2D eigenvalue weighted by atomic mass is 10.1. The smallest absolute Gasteiger partial charge is 0.173 e. The molecule has 0 saturated heterocycles. The maximum absolute atomic E-state index is 9.25. The molecule has 0 N–H and O–H groups in total. The SMILES string of the molecule is N#Cc1cnc2c(C#N)cnn2c1-c1ccc(Br)cc1. The fraction of sp³-hybridized carbons (Fsp3) is 0. The van der Waals surface area contributed by atoms with E-state index in [1.165, 1.54) is 16.9 Å². The first-order valence-electron chi connectivity index (χ1n) is 5.67. The lowest BCUT2D eigenvalue weighted by Crippen LogP contribution is -2.00. The van der Waals surface area contributed by atoms with E-state index in [4.69, 9.17) is 5.26 Å². The van der Waals surface area contributed by atoms with E-state index >= 15 is 0 Å². The molecule has 0 aliphatic carbocycles. The third kappa shape index (κ3) is 1.83. The van der Waals surface area contributed by atoms with Crippen molar-refractivity contribution in [1.82, 2.24) is 14.6 Å². The fourth-order valence-electron chi connectivity index (χ4n) is 1.98. The van der Waals surface area contributed by atoms with Gasteiger partial charge < -0.3 is 0 Å². The highest BCUT2D eigenvalue weighted by atomic mass is 79.9. The van der Waals surface area contributed by atoms with Crippen molar-refractivity contribution in [3.63, 3.8) is 0 Å². The molecule has 3 aromatic rings. The first-order chi connectivity index (χ1) is 9.74. The number of nitrogens with zero attached hydrogens (tertiary/aromatic N) is 5. The van der Waals surface area contributed by atoms with Crippen LogP contribution in [0.1, 0.15) is 11.1 Å². The molecule has 94 valence electrons. The van der Waals surface area contributed by atoms with Gasteiger partial charge in [-0.1, -0.05) is 28.1 Å². The zero-order chi connectivity index (χ0) is 14.1. The summed E-state index contributed by atoms with van der Waals surface area (Å²) >= 11 is 3.38. The lowest BCUT2D eigenvalue weighted by molar-refractivity contribution is 0.943. The molecule has 0 atom stereocenters. The molecular formula is C14H6BrN5. The number of hydrogen-bond acceptors (Lipinski definition) is 4. The summed E-state index contributed by atoms with van der Waals surface area (Å²) in [5, 5.41) is 22.5. The average molecular weight is 324 g/mol. The molecule has 0 saturated carbocycles. The first-order valence-corrected chi connectivity index (χ1v) is 6.47. The quantitative estimate of drug-likeness (QED) is 0.689. The maximum atomic E-state index is 9.25. The zero-order valence-electron chi connectivity index (χ0n) is 10.1. The van der Waals surface area contributed by atoms with Gasteiger partial charge in [-0.2, -0.15) is 15.6 Å². The summed E-state index contributed by atoms with van der Waals surface area (Å²) in [6.07, 6.45) is 2.92. The van der Waals surface area contributed by atoms with Gasteiger partial charge in [0, 0.05) is 16.2 Å². The summed E-state index contributed by atoms with van der Waals surface area (Å²) in [5.41, 5.74) is 2.71. The van der Waals surface area contributed by atoms with Gasteiger partial charge in [-0.3, -0.25) is 0 Å². The van der Waals surface area contributed by atoms with E-state index in [9.17, 15) is 5.26 Å². The van der Waals surface area contributed by atoms with E-state index in [0.717, 1.165) is 10.0 Å². The van der Waals surface area contributed by atoms with Crippen molar-refractivity contribution in [2.75, 3.05) is 0 Å². The first kappa shape index (κ1) is 12.3. The minimum atomic E-state index is 0.382. The number of hydrogen-bond donors (Lipinski definition) is 0. The van der Waals surface area contributed by atoms with Crippen molar-refractivity contribution in [2.45, 2.75) is 0 Å². The van der Waals surface area contributed by atoms with Gasteiger partial charge in [0.15, 0.2) is 5.65 Å². The molecule has 0 fully saturated rings. The van der Waals surface area contributed by atoms with E-state index in [2.05, 4.69) is 32.1 Å². The second kappa shape index (κ2) is 4.76. The van der Waals surface area contributed by atoms with E-state index in [-0.39, 0.29) is 0 Å².